The van der Waals surface area contributed by atoms with Crippen LogP contribution in [-0.4, -0.2) is 51.6 Å². The average molecular weight is 243 g/mol. The van der Waals surface area contributed by atoms with E-state index >= 15 is 0 Å². The lowest BCUT2D eigenvalue weighted by Gasteiger charge is -2.28. The van der Waals surface area contributed by atoms with Gasteiger partial charge in [0.15, 0.2) is 0 Å². The highest BCUT2D eigenvalue weighted by Gasteiger charge is 2.40. The molecule has 5 nitrogen and oxygen atoms in total. The number of carbonyl (C=O) groups is 1. The van der Waals surface area contributed by atoms with Crippen molar-refractivity contribution in [1.82, 2.24) is 5.32 Å². The molecule has 2 atom stereocenters. The number of esters is 1. The van der Waals surface area contributed by atoms with Crippen molar-refractivity contribution in [3.05, 3.63) is 0 Å². The van der Waals surface area contributed by atoms with E-state index in [-0.39, 0.29) is 17.6 Å². The van der Waals surface area contributed by atoms with E-state index in [1.165, 1.54) is 7.11 Å². The molecule has 2 fully saturated rings. The summed E-state index contributed by atoms with van der Waals surface area (Å²) in [5.41, 5.74) is -0.277. The largest absolute Gasteiger partial charge is 0.468 e. The summed E-state index contributed by atoms with van der Waals surface area (Å²) in [5.74, 6) is 0.261. The van der Waals surface area contributed by atoms with Crippen LogP contribution in [-0.2, 0) is 19.0 Å². The van der Waals surface area contributed by atoms with Gasteiger partial charge in [-0.15, -0.1) is 0 Å². The van der Waals surface area contributed by atoms with E-state index in [1.54, 1.807) is 7.11 Å². The number of hydrogen-bond acceptors (Lipinski definition) is 5. The van der Waals surface area contributed by atoms with E-state index in [0.717, 1.165) is 25.9 Å². The molecule has 2 aliphatic rings. The number of hydrogen-bond donors (Lipinski definition) is 1. The molecule has 0 bridgehead atoms. The zero-order chi connectivity index (χ0) is 12.3. The lowest BCUT2D eigenvalue weighted by Crippen LogP contribution is -2.49. The van der Waals surface area contributed by atoms with Crippen LogP contribution in [0.2, 0.25) is 0 Å². The quantitative estimate of drug-likeness (QED) is 0.681. The summed E-state index contributed by atoms with van der Waals surface area (Å²) in [7, 11) is 3.13. The van der Waals surface area contributed by atoms with Crippen molar-refractivity contribution in [3.63, 3.8) is 0 Å². The number of methoxy groups -OCH3 is 2. The predicted octanol–water partition coefficient (Wildman–Crippen LogP) is 0.333. The van der Waals surface area contributed by atoms with E-state index in [9.17, 15) is 4.79 Å². The molecule has 0 aromatic carbocycles. The topological polar surface area (TPSA) is 56.8 Å². The van der Waals surface area contributed by atoms with Crippen LogP contribution < -0.4 is 5.32 Å². The summed E-state index contributed by atoms with van der Waals surface area (Å²) in [6.07, 6.45) is 3.07. The van der Waals surface area contributed by atoms with Crippen molar-refractivity contribution in [3.8, 4) is 0 Å². The Labute approximate surface area is 102 Å². The third-order valence-electron chi connectivity index (χ3n) is 3.69. The first kappa shape index (κ1) is 12.8. The molecule has 5 heteroatoms. The number of nitrogens with one attached hydrogen (secondary N) is 1. The van der Waals surface area contributed by atoms with Gasteiger partial charge in [0.2, 0.25) is 0 Å². The van der Waals surface area contributed by atoms with Gasteiger partial charge in [-0.3, -0.25) is 4.79 Å². The van der Waals surface area contributed by atoms with Crippen molar-refractivity contribution < 1.29 is 19.0 Å². The molecule has 1 aliphatic heterocycles. The molecule has 0 amide bonds. The Balaban J connectivity index is 1.87. The van der Waals surface area contributed by atoms with Crippen molar-refractivity contribution in [2.75, 3.05) is 34.0 Å². The molecule has 0 aromatic heterocycles. The molecular formula is C12H21NO4. The van der Waals surface area contributed by atoms with Gasteiger partial charge >= 0.3 is 5.97 Å². The van der Waals surface area contributed by atoms with Crippen LogP contribution in [0.1, 0.15) is 19.3 Å². The number of carbonyl (C=O) groups excluding carboxylic acids is 1. The molecule has 1 saturated heterocycles. The maximum absolute atomic E-state index is 11.6. The van der Waals surface area contributed by atoms with Gasteiger partial charge < -0.3 is 19.5 Å². The molecule has 1 heterocycles. The summed E-state index contributed by atoms with van der Waals surface area (Å²) < 4.78 is 15.7. The molecule has 2 rings (SSSR count). The van der Waals surface area contributed by atoms with E-state index in [0.29, 0.717) is 19.1 Å². The van der Waals surface area contributed by atoms with Gasteiger partial charge in [0, 0.05) is 26.7 Å². The van der Waals surface area contributed by atoms with Gasteiger partial charge in [-0.05, 0) is 18.8 Å². The summed E-state index contributed by atoms with van der Waals surface area (Å²) in [5, 5.41) is 3.29. The van der Waals surface area contributed by atoms with Crippen LogP contribution in [0.15, 0.2) is 0 Å². The van der Waals surface area contributed by atoms with Gasteiger partial charge in [0.05, 0.1) is 13.7 Å². The maximum Gasteiger partial charge on any atom is 0.323 e. The van der Waals surface area contributed by atoms with E-state index in [2.05, 4.69) is 5.32 Å². The van der Waals surface area contributed by atoms with Gasteiger partial charge in [0.25, 0.3) is 0 Å². The standard InChI is InChI=1S/C12H21NO4/c1-15-11(14)10(9-3-4-9)13-7-12(16-2)5-6-17-8-12/h9-10,13H,3-8H2,1-2H3. The Kier molecular flexibility index (Phi) is 4.01. The normalized spacial score (nSPS) is 30.2. The van der Waals surface area contributed by atoms with Crippen LogP contribution >= 0.6 is 0 Å². The van der Waals surface area contributed by atoms with E-state index < -0.39 is 0 Å². The zero-order valence-electron chi connectivity index (χ0n) is 10.5. The second-order valence-corrected chi connectivity index (χ2v) is 4.91. The fourth-order valence-electron chi connectivity index (χ4n) is 2.26. The molecule has 0 spiro atoms. The molecule has 98 valence electrons. The maximum atomic E-state index is 11.6. The third kappa shape index (κ3) is 2.97. The molecular weight excluding hydrogens is 222 g/mol. The van der Waals surface area contributed by atoms with Gasteiger partial charge in [-0.2, -0.15) is 0 Å². The summed E-state index contributed by atoms with van der Waals surface area (Å²) in [6.45, 7) is 1.96. The van der Waals surface area contributed by atoms with Gasteiger partial charge in [0.1, 0.15) is 11.6 Å². The van der Waals surface area contributed by atoms with Crippen molar-refractivity contribution in [2.24, 2.45) is 5.92 Å². The van der Waals surface area contributed by atoms with E-state index in [4.69, 9.17) is 14.2 Å². The fraction of sp³-hybridized carbons (Fsp3) is 0.917. The lowest BCUT2D eigenvalue weighted by molar-refractivity contribution is -0.144. The highest BCUT2D eigenvalue weighted by molar-refractivity contribution is 5.76. The Morgan fingerprint density at radius 3 is 2.76 bits per heavy atom. The van der Waals surface area contributed by atoms with Gasteiger partial charge in [-0.1, -0.05) is 0 Å². The summed E-state index contributed by atoms with van der Waals surface area (Å²) in [6, 6.07) is -0.187. The minimum absolute atomic E-state index is 0.169. The first-order valence-corrected chi connectivity index (χ1v) is 6.15. The Bertz CT molecular complexity index is 272. The summed E-state index contributed by atoms with van der Waals surface area (Å²) in [4.78, 5) is 11.6. The van der Waals surface area contributed by atoms with Crippen LogP contribution in [0, 0.1) is 5.92 Å². The second kappa shape index (κ2) is 5.33. The first-order valence-electron chi connectivity index (χ1n) is 6.15. The van der Waals surface area contributed by atoms with Crippen LogP contribution in [0.4, 0.5) is 0 Å². The molecule has 2 unspecified atom stereocenters. The van der Waals surface area contributed by atoms with Crippen LogP contribution in [0.25, 0.3) is 0 Å². The van der Waals surface area contributed by atoms with Crippen molar-refractivity contribution >= 4 is 5.97 Å². The van der Waals surface area contributed by atoms with Crippen LogP contribution in [0.5, 0.6) is 0 Å². The molecule has 0 aromatic rings. The second-order valence-electron chi connectivity index (χ2n) is 4.91. The molecule has 1 N–H and O–H groups in total. The molecule has 17 heavy (non-hydrogen) atoms. The van der Waals surface area contributed by atoms with Crippen molar-refractivity contribution in [1.29, 1.82) is 0 Å². The number of ether oxygens (including phenoxy) is 3. The SMILES string of the molecule is COC(=O)C(NCC1(OC)CCOC1)C1CC1. The minimum Gasteiger partial charge on any atom is -0.468 e. The molecule has 0 radical (unpaired) electrons. The lowest BCUT2D eigenvalue weighted by atomic mass is 10.0. The Hall–Kier alpha value is -0.650. The molecule has 1 aliphatic carbocycles. The van der Waals surface area contributed by atoms with Crippen molar-refractivity contribution in [2.45, 2.75) is 30.9 Å². The number of rotatable bonds is 6. The third-order valence-corrected chi connectivity index (χ3v) is 3.69. The fourth-order valence-corrected chi connectivity index (χ4v) is 2.26. The van der Waals surface area contributed by atoms with Gasteiger partial charge in [-0.25, -0.2) is 0 Å². The molecule has 1 saturated carbocycles. The van der Waals surface area contributed by atoms with E-state index in [1.807, 2.05) is 0 Å². The predicted molar refractivity (Wildman–Crippen MR) is 61.7 cm³/mol. The smallest absolute Gasteiger partial charge is 0.323 e. The Morgan fingerprint density at radius 2 is 2.29 bits per heavy atom. The minimum atomic E-state index is -0.277. The zero-order valence-corrected chi connectivity index (χ0v) is 10.5. The Morgan fingerprint density at radius 1 is 1.53 bits per heavy atom. The first-order chi connectivity index (χ1) is 8.21. The monoisotopic (exact) mass is 243 g/mol. The summed E-state index contributed by atoms with van der Waals surface area (Å²) >= 11 is 0. The van der Waals surface area contributed by atoms with Crippen LogP contribution in [0.3, 0.4) is 0 Å². The average Bonchev–Trinajstić information content (AvgIpc) is 3.08. The highest BCUT2D eigenvalue weighted by Crippen LogP contribution is 2.33. The highest BCUT2D eigenvalue weighted by atomic mass is 16.6.